The van der Waals surface area contributed by atoms with E-state index in [1.54, 1.807) is 24.9 Å². The van der Waals surface area contributed by atoms with Crippen molar-refractivity contribution in [1.29, 1.82) is 0 Å². The molecule has 0 unspecified atom stereocenters. The van der Waals surface area contributed by atoms with Gasteiger partial charge < -0.3 is 9.80 Å². The topological polar surface area (TPSA) is 23.6 Å². The molecule has 1 aromatic rings. The summed E-state index contributed by atoms with van der Waals surface area (Å²) in [5, 5.41) is 0. The molecule has 1 aromatic carbocycles. The maximum Gasteiger partial charge on any atom is 0.253 e. The van der Waals surface area contributed by atoms with E-state index in [1.165, 1.54) is 12.1 Å². The average Bonchev–Trinajstić information content (AvgIpc) is 2.25. The van der Waals surface area contributed by atoms with Gasteiger partial charge in [-0.05, 0) is 44.8 Å². The lowest BCUT2D eigenvalue weighted by Crippen LogP contribution is -2.33. The number of benzene rings is 1. The second-order valence-electron chi connectivity index (χ2n) is 4.49. The molecule has 94 valence electrons. The van der Waals surface area contributed by atoms with Gasteiger partial charge in [-0.25, -0.2) is 4.39 Å². The van der Waals surface area contributed by atoms with Gasteiger partial charge in [0.1, 0.15) is 5.82 Å². The highest BCUT2D eigenvalue weighted by atomic mass is 19.1. The highest BCUT2D eigenvalue weighted by Gasteiger charge is 2.14. The van der Waals surface area contributed by atoms with Crippen LogP contribution in [0.25, 0.3) is 0 Å². The summed E-state index contributed by atoms with van der Waals surface area (Å²) in [5.74, 6) is -0.376. The van der Waals surface area contributed by atoms with E-state index in [0.29, 0.717) is 17.7 Å². The number of amides is 1. The molecule has 0 bridgehead atoms. The number of carbonyl (C=O) groups excluding carboxylic acids is 1. The number of rotatable bonds is 4. The van der Waals surface area contributed by atoms with Crippen LogP contribution in [0.5, 0.6) is 0 Å². The van der Waals surface area contributed by atoms with Gasteiger partial charge in [-0.2, -0.15) is 0 Å². The number of carbonyl (C=O) groups is 1. The Labute approximate surface area is 102 Å². The minimum Gasteiger partial charge on any atom is -0.340 e. The lowest BCUT2D eigenvalue weighted by molar-refractivity contribution is 0.0785. The van der Waals surface area contributed by atoms with Gasteiger partial charge in [0.05, 0.1) is 0 Å². The van der Waals surface area contributed by atoms with E-state index >= 15 is 0 Å². The summed E-state index contributed by atoms with van der Waals surface area (Å²) >= 11 is 0. The number of halogens is 1. The molecule has 0 aliphatic carbocycles. The van der Waals surface area contributed by atoms with E-state index in [0.717, 1.165) is 6.54 Å². The summed E-state index contributed by atoms with van der Waals surface area (Å²) < 4.78 is 12.9. The Kier molecular flexibility index (Phi) is 4.63. The maximum absolute atomic E-state index is 12.9. The summed E-state index contributed by atoms with van der Waals surface area (Å²) in [7, 11) is 5.68. The van der Waals surface area contributed by atoms with Crippen molar-refractivity contribution in [3.63, 3.8) is 0 Å². The van der Waals surface area contributed by atoms with Crippen LogP contribution >= 0.6 is 0 Å². The highest BCUT2D eigenvalue weighted by molar-refractivity contribution is 5.95. The third kappa shape index (κ3) is 3.82. The fraction of sp³-hybridized carbons (Fsp3) is 0.462. The molecular weight excluding hydrogens is 219 g/mol. The third-order valence-electron chi connectivity index (χ3n) is 2.65. The fourth-order valence-electron chi connectivity index (χ4n) is 1.52. The molecule has 0 N–H and O–H groups in total. The Morgan fingerprint density at radius 2 is 1.88 bits per heavy atom. The molecule has 1 rings (SSSR count). The van der Waals surface area contributed by atoms with Crippen molar-refractivity contribution in [2.24, 2.45) is 0 Å². The Balaban J connectivity index is 2.75. The third-order valence-corrected chi connectivity index (χ3v) is 2.65. The van der Waals surface area contributed by atoms with Crippen molar-refractivity contribution < 1.29 is 9.18 Å². The van der Waals surface area contributed by atoms with Crippen molar-refractivity contribution in [1.82, 2.24) is 9.80 Å². The van der Waals surface area contributed by atoms with Gasteiger partial charge in [-0.1, -0.05) is 0 Å². The summed E-state index contributed by atoms with van der Waals surface area (Å²) in [6.45, 7) is 3.21. The van der Waals surface area contributed by atoms with Crippen LogP contribution in [0.15, 0.2) is 18.2 Å². The van der Waals surface area contributed by atoms with Gasteiger partial charge in [0.25, 0.3) is 5.91 Å². The summed E-state index contributed by atoms with van der Waals surface area (Å²) in [6.07, 6.45) is 0. The average molecular weight is 238 g/mol. The Hall–Kier alpha value is -1.42. The van der Waals surface area contributed by atoms with Gasteiger partial charge in [0.2, 0.25) is 0 Å². The van der Waals surface area contributed by atoms with Crippen molar-refractivity contribution >= 4 is 5.91 Å². The van der Waals surface area contributed by atoms with Crippen LogP contribution in [0.2, 0.25) is 0 Å². The number of nitrogens with zero attached hydrogens (tertiary/aromatic N) is 2. The lowest BCUT2D eigenvalue weighted by atomic mass is 10.1. The maximum atomic E-state index is 12.9. The Bertz CT molecular complexity index is 404. The van der Waals surface area contributed by atoms with Gasteiger partial charge in [0.15, 0.2) is 0 Å². The molecule has 0 spiro atoms. The molecule has 0 atom stereocenters. The van der Waals surface area contributed by atoms with Crippen molar-refractivity contribution in [3.05, 3.63) is 35.1 Å². The number of aryl methyl sites for hydroxylation is 1. The molecular formula is C13H19FN2O. The molecule has 0 saturated carbocycles. The smallest absolute Gasteiger partial charge is 0.253 e. The van der Waals surface area contributed by atoms with Crippen LogP contribution in [0.3, 0.4) is 0 Å². The first-order valence-electron chi connectivity index (χ1n) is 5.58. The number of hydrogen-bond acceptors (Lipinski definition) is 2. The molecule has 0 aliphatic rings. The zero-order chi connectivity index (χ0) is 13.0. The fourth-order valence-corrected chi connectivity index (χ4v) is 1.52. The van der Waals surface area contributed by atoms with Gasteiger partial charge in [0, 0.05) is 25.7 Å². The van der Waals surface area contributed by atoms with E-state index in [4.69, 9.17) is 0 Å². The van der Waals surface area contributed by atoms with Crippen molar-refractivity contribution in [2.75, 3.05) is 34.2 Å². The standard InChI is InChI=1S/C13H19FN2O/c1-10-9-11(14)5-6-12(10)13(17)16(4)8-7-15(2)3/h5-6,9H,7-8H2,1-4H3. The first kappa shape index (κ1) is 13.6. The summed E-state index contributed by atoms with van der Waals surface area (Å²) in [4.78, 5) is 15.7. The molecule has 17 heavy (non-hydrogen) atoms. The normalized spacial score (nSPS) is 10.7. The molecule has 0 heterocycles. The summed E-state index contributed by atoms with van der Waals surface area (Å²) in [6, 6.07) is 4.24. The van der Waals surface area contributed by atoms with Crippen molar-refractivity contribution in [2.45, 2.75) is 6.92 Å². The van der Waals surface area contributed by atoms with E-state index in [9.17, 15) is 9.18 Å². The Morgan fingerprint density at radius 1 is 1.24 bits per heavy atom. The zero-order valence-corrected chi connectivity index (χ0v) is 10.8. The number of hydrogen-bond donors (Lipinski definition) is 0. The largest absolute Gasteiger partial charge is 0.340 e. The van der Waals surface area contributed by atoms with Crippen LogP contribution in [0.1, 0.15) is 15.9 Å². The summed E-state index contributed by atoms with van der Waals surface area (Å²) in [5.41, 5.74) is 1.24. The van der Waals surface area contributed by atoms with E-state index in [-0.39, 0.29) is 11.7 Å². The molecule has 0 radical (unpaired) electrons. The van der Waals surface area contributed by atoms with Crippen LogP contribution in [0.4, 0.5) is 4.39 Å². The second kappa shape index (κ2) is 5.77. The van der Waals surface area contributed by atoms with Crippen LogP contribution < -0.4 is 0 Å². The van der Waals surface area contributed by atoms with Crippen LogP contribution in [0, 0.1) is 12.7 Å². The quantitative estimate of drug-likeness (QED) is 0.798. The van der Waals surface area contributed by atoms with E-state index < -0.39 is 0 Å². The molecule has 4 heteroatoms. The number of likely N-dealkylation sites (N-methyl/N-ethyl adjacent to an activating group) is 2. The molecule has 0 aromatic heterocycles. The SMILES string of the molecule is Cc1cc(F)ccc1C(=O)N(C)CCN(C)C. The van der Waals surface area contributed by atoms with Gasteiger partial charge in [-0.15, -0.1) is 0 Å². The van der Waals surface area contributed by atoms with Crippen LogP contribution in [-0.2, 0) is 0 Å². The van der Waals surface area contributed by atoms with Crippen molar-refractivity contribution in [3.8, 4) is 0 Å². The molecule has 1 amide bonds. The lowest BCUT2D eigenvalue weighted by Gasteiger charge is -2.20. The predicted octanol–water partition coefficient (Wildman–Crippen LogP) is 1.77. The van der Waals surface area contributed by atoms with E-state index in [1.807, 2.05) is 19.0 Å². The minimum absolute atomic E-state index is 0.0654. The molecule has 0 fully saturated rings. The first-order valence-corrected chi connectivity index (χ1v) is 5.58. The first-order chi connectivity index (χ1) is 7.91. The Morgan fingerprint density at radius 3 is 2.41 bits per heavy atom. The monoisotopic (exact) mass is 238 g/mol. The van der Waals surface area contributed by atoms with E-state index in [2.05, 4.69) is 0 Å². The minimum atomic E-state index is -0.310. The van der Waals surface area contributed by atoms with Gasteiger partial charge >= 0.3 is 0 Å². The van der Waals surface area contributed by atoms with Gasteiger partial charge in [-0.3, -0.25) is 4.79 Å². The molecule has 0 aliphatic heterocycles. The highest BCUT2D eigenvalue weighted by Crippen LogP contribution is 2.12. The molecule has 0 saturated heterocycles. The zero-order valence-electron chi connectivity index (χ0n) is 10.8. The predicted molar refractivity (Wildman–Crippen MR) is 66.7 cm³/mol. The van der Waals surface area contributed by atoms with Crippen LogP contribution in [-0.4, -0.2) is 49.9 Å². The molecule has 3 nitrogen and oxygen atoms in total. The second-order valence-corrected chi connectivity index (χ2v) is 4.49.